The number of aliphatic hydroxyl groups is 1. The van der Waals surface area contributed by atoms with Gasteiger partial charge in [0.05, 0.1) is 36.7 Å². The molecule has 3 heterocycles. The highest BCUT2D eigenvalue weighted by Crippen LogP contribution is 2.65. The fraction of sp³-hybridized carbons (Fsp3) is 0.548. The molecule has 3 amide bonds. The molecule has 0 aromatic heterocycles. The molecule has 52 heavy (non-hydrogen) atoms. The number of fused-ring (bicyclic) bond motifs is 1. The van der Waals surface area contributed by atoms with Crippen LogP contribution in [0.15, 0.2) is 73.8 Å². The fourth-order valence-electron chi connectivity index (χ4n) is 9.06. The molecule has 2 aromatic carbocycles. The van der Waals surface area contributed by atoms with Gasteiger partial charge >= 0.3 is 0 Å². The van der Waals surface area contributed by atoms with E-state index in [4.69, 9.17) is 9.47 Å². The molecule has 0 radical (unpaired) electrons. The zero-order chi connectivity index (χ0) is 37.8. The molecule has 2 unspecified atom stereocenters. The molecular formula is C42H58N4O6. The van der Waals surface area contributed by atoms with Gasteiger partial charge in [0.1, 0.15) is 17.4 Å². The second-order valence-corrected chi connectivity index (χ2v) is 14.6. The molecule has 10 heteroatoms. The Morgan fingerprint density at radius 1 is 0.923 bits per heavy atom. The van der Waals surface area contributed by atoms with Crippen LogP contribution in [0, 0.1) is 17.8 Å². The second kappa shape index (κ2) is 16.3. The Kier molecular flexibility index (Phi) is 12.2. The lowest BCUT2D eigenvalue weighted by atomic mass is 9.64. The van der Waals surface area contributed by atoms with E-state index in [9.17, 15) is 5.11 Å². The first-order chi connectivity index (χ1) is 25.0. The minimum atomic E-state index is -1.26. The van der Waals surface area contributed by atoms with Gasteiger partial charge in [0.2, 0.25) is 11.8 Å². The van der Waals surface area contributed by atoms with E-state index < -0.39 is 35.1 Å². The topological polar surface area (TPSA) is 103 Å². The number of aliphatic hydroxyl groups excluding tert-OH is 1. The zero-order valence-electron chi connectivity index (χ0n) is 31.9. The Bertz CT molecular complexity index is 1590. The second-order valence-electron chi connectivity index (χ2n) is 14.6. The molecule has 0 saturated carbocycles. The molecule has 2 bridgehead atoms. The number of rotatable bonds is 18. The van der Waals surface area contributed by atoms with Gasteiger partial charge in [0.15, 0.2) is 0 Å². The summed E-state index contributed by atoms with van der Waals surface area (Å²) in [5.74, 6) is -1.78. The average molecular weight is 715 g/mol. The van der Waals surface area contributed by atoms with Gasteiger partial charge in [-0.25, -0.2) is 0 Å². The van der Waals surface area contributed by atoms with E-state index in [2.05, 4.69) is 31.9 Å². The summed E-state index contributed by atoms with van der Waals surface area (Å²) in [5.41, 5.74) is 0.191. The van der Waals surface area contributed by atoms with Crippen LogP contribution in [0.1, 0.15) is 67.2 Å². The third kappa shape index (κ3) is 6.75. The van der Waals surface area contributed by atoms with Crippen molar-refractivity contribution in [1.29, 1.82) is 0 Å². The van der Waals surface area contributed by atoms with Crippen LogP contribution in [-0.2, 0) is 19.1 Å². The van der Waals surface area contributed by atoms with Crippen molar-refractivity contribution in [3.63, 3.8) is 0 Å². The normalized spacial score (nSPS) is 25.2. The van der Waals surface area contributed by atoms with Gasteiger partial charge in [0, 0.05) is 43.2 Å². The third-order valence-corrected chi connectivity index (χ3v) is 11.4. The van der Waals surface area contributed by atoms with E-state index >= 15 is 14.4 Å². The van der Waals surface area contributed by atoms with Crippen molar-refractivity contribution in [2.45, 2.75) is 90.5 Å². The van der Waals surface area contributed by atoms with Gasteiger partial charge in [-0.15, -0.1) is 13.2 Å². The van der Waals surface area contributed by atoms with Crippen LogP contribution in [-0.4, -0.2) is 90.4 Å². The van der Waals surface area contributed by atoms with E-state index in [-0.39, 0.29) is 43.3 Å². The molecule has 3 aliphatic rings. The Morgan fingerprint density at radius 3 is 1.98 bits per heavy atom. The number of benzene rings is 2. The molecule has 0 aliphatic carbocycles. The van der Waals surface area contributed by atoms with E-state index in [1.807, 2.05) is 76.2 Å². The number of hydrogen-bond donors (Lipinski definition) is 1. The summed E-state index contributed by atoms with van der Waals surface area (Å²) in [7, 11) is 0. The van der Waals surface area contributed by atoms with Gasteiger partial charge in [0.25, 0.3) is 5.91 Å². The summed E-state index contributed by atoms with van der Waals surface area (Å²) >= 11 is 0. The van der Waals surface area contributed by atoms with Gasteiger partial charge < -0.3 is 34.2 Å². The Labute approximate surface area is 310 Å². The first-order valence-electron chi connectivity index (χ1n) is 19.1. The first-order valence-corrected chi connectivity index (χ1v) is 19.1. The maximum absolute atomic E-state index is 15.3. The molecule has 3 aliphatic heterocycles. The van der Waals surface area contributed by atoms with E-state index in [0.717, 1.165) is 18.8 Å². The number of ether oxygens (including phenoxy) is 2. The van der Waals surface area contributed by atoms with Crippen LogP contribution in [0.4, 0.5) is 17.1 Å². The quantitative estimate of drug-likeness (QED) is 0.183. The molecule has 3 saturated heterocycles. The van der Waals surface area contributed by atoms with Crippen molar-refractivity contribution in [1.82, 2.24) is 4.90 Å². The van der Waals surface area contributed by atoms with E-state index in [1.54, 1.807) is 26.9 Å². The van der Waals surface area contributed by atoms with E-state index in [0.29, 0.717) is 49.4 Å². The Hall–Kier alpha value is -4.15. The standard InChI is InChI=1S/C42H58N4O6/c1-9-25-44(32-19-21-34(22-20-32)51-14-6)38(48)35-36-39(49)46(33(28-47)27-29(7)8)37(42(36)24-23-41(35,11-3)52-42)40(50)45(26-10-2)31-17-15-30(16-18-31)43(12-4)13-5/h9-10,15-22,29,33,35-37,47H,1-2,11-14,23-28H2,3-8H3/t33-,35-,36+,37?,41+,42?/m1/s1. The zero-order valence-corrected chi connectivity index (χ0v) is 31.9. The van der Waals surface area contributed by atoms with Crippen LogP contribution in [0.2, 0.25) is 0 Å². The Balaban J connectivity index is 1.62. The highest BCUT2D eigenvalue weighted by Gasteiger charge is 2.79. The lowest BCUT2D eigenvalue weighted by Crippen LogP contribution is -2.59. The molecule has 10 nitrogen and oxygen atoms in total. The smallest absolute Gasteiger partial charge is 0.253 e. The summed E-state index contributed by atoms with van der Waals surface area (Å²) in [6, 6.07) is 13.5. The predicted molar refractivity (Wildman–Crippen MR) is 207 cm³/mol. The third-order valence-electron chi connectivity index (χ3n) is 11.4. The minimum Gasteiger partial charge on any atom is -0.494 e. The first kappa shape index (κ1) is 39.1. The van der Waals surface area contributed by atoms with Crippen LogP contribution >= 0.6 is 0 Å². The molecule has 282 valence electrons. The van der Waals surface area contributed by atoms with Gasteiger partial charge in [-0.3, -0.25) is 14.4 Å². The minimum absolute atomic E-state index is 0.134. The number of nitrogens with zero attached hydrogens (tertiary/aromatic N) is 4. The molecule has 3 fully saturated rings. The highest BCUT2D eigenvalue weighted by atomic mass is 16.5. The number of carbonyl (C=O) groups is 3. The van der Waals surface area contributed by atoms with Gasteiger partial charge in [-0.2, -0.15) is 0 Å². The number of anilines is 3. The number of hydrogen-bond acceptors (Lipinski definition) is 7. The average Bonchev–Trinajstić information content (AvgIpc) is 3.76. The van der Waals surface area contributed by atoms with Crippen LogP contribution in [0.3, 0.4) is 0 Å². The predicted octanol–water partition coefficient (Wildman–Crippen LogP) is 6.23. The maximum Gasteiger partial charge on any atom is 0.253 e. The molecular weight excluding hydrogens is 656 g/mol. The number of amides is 3. The molecule has 1 N–H and O–H groups in total. The fourth-order valence-corrected chi connectivity index (χ4v) is 9.06. The van der Waals surface area contributed by atoms with Crippen LogP contribution in [0.25, 0.3) is 0 Å². The molecule has 2 aromatic rings. The highest BCUT2D eigenvalue weighted by molar-refractivity contribution is 6.07. The monoisotopic (exact) mass is 714 g/mol. The molecule has 5 rings (SSSR count). The van der Waals surface area contributed by atoms with Crippen molar-refractivity contribution in [2.75, 3.05) is 54.1 Å². The van der Waals surface area contributed by atoms with Crippen LogP contribution < -0.4 is 19.4 Å². The SMILES string of the molecule is C=CCN(C(=O)C1N([C@@H](CO)CC(C)C)C(=O)[C@@H]2[C@H](C(=O)N(CC=C)c3ccc(OCC)cc3)[C@]3(CC)CCC12O3)c1ccc(N(CC)CC)cc1. The largest absolute Gasteiger partial charge is 0.494 e. The van der Waals surface area contributed by atoms with Crippen molar-refractivity contribution >= 4 is 34.8 Å². The van der Waals surface area contributed by atoms with Crippen molar-refractivity contribution in [3.8, 4) is 5.75 Å². The van der Waals surface area contributed by atoms with E-state index in [1.165, 1.54) is 0 Å². The Morgan fingerprint density at radius 2 is 1.48 bits per heavy atom. The molecule has 1 spiro atoms. The van der Waals surface area contributed by atoms with Crippen molar-refractivity contribution < 1.29 is 29.0 Å². The summed E-state index contributed by atoms with van der Waals surface area (Å²) in [5, 5.41) is 10.8. The lowest BCUT2D eigenvalue weighted by Gasteiger charge is -2.40. The van der Waals surface area contributed by atoms with Crippen molar-refractivity contribution in [2.24, 2.45) is 17.8 Å². The summed E-state index contributed by atoms with van der Waals surface area (Å²) in [6.45, 7) is 22.4. The number of carbonyl (C=O) groups excluding carboxylic acids is 3. The van der Waals surface area contributed by atoms with Gasteiger partial charge in [-0.05, 0) is 101 Å². The lowest BCUT2D eigenvalue weighted by molar-refractivity contribution is -0.149. The maximum atomic E-state index is 15.3. The summed E-state index contributed by atoms with van der Waals surface area (Å²) < 4.78 is 12.8. The summed E-state index contributed by atoms with van der Waals surface area (Å²) in [4.78, 5) is 52.5. The van der Waals surface area contributed by atoms with Crippen LogP contribution in [0.5, 0.6) is 5.75 Å². The molecule has 6 atom stereocenters. The van der Waals surface area contributed by atoms with Gasteiger partial charge in [-0.1, -0.05) is 32.9 Å². The number of likely N-dealkylation sites (tertiary alicyclic amines) is 1. The summed E-state index contributed by atoms with van der Waals surface area (Å²) in [6.07, 6.45) is 5.32. The van der Waals surface area contributed by atoms with Crippen molar-refractivity contribution in [3.05, 3.63) is 73.8 Å².